The second-order valence-corrected chi connectivity index (χ2v) is 5.04. The Morgan fingerprint density at radius 3 is 2.95 bits per heavy atom. The van der Waals surface area contributed by atoms with Gasteiger partial charge in [0.15, 0.2) is 5.89 Å². The van der Waals surface area contributed by atoms with Gasteiger partial charge < -0.3 is 14.1 Å². The summed E-state index contributed by atoms with van der Waals surface area (Å²) in [5.74, 6) is 1.64. The Bertz CT molecular complexity index is 622. The highest BCUT2D eigenvalue weighted by Crippen LogP contribution is 2.20. The highest BCUT2D eigenvalue weighted by molar-refractivity contribution is 5.68. The van der Waals surface area contributed by atoms with Gasteiger partial charge in [0.1, 0.15) is 18.1 Å². The van der Waals surface area contributed by atoms with E-state index in [1.54, 1.807) is 4.90 Å². The van der Waals surface area contributed by atoms with Crippen LogP contribution in [-0.4, -0.2) is 22.5 Å². The molecule has 5 heteroatoms. The number of benzene rings is 1. The third-order valence-electron chi connectivity index (χ3n) is 3.54. The third kappa shape index (κ3) is 3.07. The number of amides is 1. The topological polar surface area (TPSA) is 55.6 Å². The van der Waals surface area contributed by atoms with Crippen molar-refractivity contribution in [1.29, 1.82) is 0 Å². The number of oxazole rings is 1. The lowest BCUT2D eigenvalue weighted by molar-refractivity contribution is 0.0903. The van der Waals surface area contributed by atoms with Crippen LogP contribution in [0.15, 0.2) is 34.7 Å². The van der Waals surface area contributed by atoms with Gasteiger partial charge >= 0.3 is 6.09 Å². The van der Waals surface area contributed by atoms with Gasteiger partial charge in [-0.3, -0.25) is 0 Å². The Labute approximate surface area is 123 Å². The fourth-order valence-electron chi connectivity index (χ4n) is 2.37. The molecule has 2 aromatic rings. The van der Waals surface area contributed by atoms with Crippen molar-refractivity contribution < 1.29 is 13.9 Å². The molecule has 1 amide bonds. The van der Waals surface area contributed by atoms with Crippen LogP contribution in [0.5, 0.6) is 0 Å². The molecular weight excluding hydrogens is 268 g/mol. The fourth-order valence-corrected chi connectivity index (χ4v) is 2.37. The maximum Gasteiger partial charge on any atom is 0.410 e. The molecule has 5 nitrogen and oxygen atoms in total. The number of fused-ring (bicyclic) bond motifs is 1. The van der Waals surface area contributed by atoms with Gasteiger partial charge in [-0.1, -0.05) is 37.3 Å². The summed E-state index contributed by atoms with van der Waals surface area (Å²) in [7, 11) is 0. The second-order valence-electron chi connectivity index (χ2n) is 5.04. The highest BCUT2D eigenvalue weighted by Gasteiger charge is 2.26. The van der Waals surface area contributed by atoms with Crippen LogP contribution in [0.2, 0.25) is 0 Å². The summed E-state index contributed by atoms with van der Waals surface area (Å²) in [6, 6.07) is 9.67. The van der Waals surface area contributed by atoms with Crippen molar-refractivity contribution >= 4 is 6.09 Å². The molecule has 0 atom stereocenters. The molecular formula is C16H18N2O3. The molecule has 0 spiro atoms. The molecule has 0 N–H and O–H groups in total. The Kier molecular flexibility index (Phi) is 3.90. The van der Waals surface area contributed by atoms with Crippen LogP contribution in [0.25, 0.3) is 0 Å². The Morgan fingerprint density at radius 2 is 2.19 bits per heavy atom. The first kappa shape index (κ1) is 13.7. The molecule has 1 aliphatic rings. The lowest BCUT2D eigenvalue weighted by atomic mass is 10.2. The number of carbonyl (C=O) groups excluding carboxylic acids is 1. The number of hydrogen-bond acceptors (Lipinski definition) is 4. The van der Waals surface area contributed by atoms with Gasteiger partial charge in [0.25, 0.3) is 0 Å². The third-order valence-corrected chi connectivity index (χ3v) is 3.54. The first-order valence-electron chi connectivity index (χ1n) is 7.19. The highest BCUT2D eigenvalue weighted by atomic mass is 16.6. The predicted octanol–water partition coefficient (Wildman–Crippen LogP) is 2.93. The van der Waals surface area contributed by atoms with E-state index < -0.39 is 0 Å². The zero-order valence-corrected chi connectivity index (χ0v) is 12.0. The Balaban J connectivity index is 1.59. The average molecular weight is 286 g/mol. The molecule has 0 unspecified atom stereocenters. The fraction of sp³-hybridized carbons (Fsp3) is 0.375. The number of aryl methyl sites for hydroxylation is 1. The first-order valence-corrected chi connectivity index (χ1v) is 7.19. The van der Waals surface area contributed by atoms with E-state index in [4.69, 9.17) is 9.15 Å². The van der Waals surface area contributed by atoms with E-state index in [9.17, 15) is 4.79 Å². The molecule has 1 aromatic carbocycles. The van der Waals surface area contributed by atoms with Crippen LogP contribution in [0.1, 0.15) is 29.8 Å². The predicted molar refractivity (Wildman–Crippen MR) is 76.6 cm³/mol. The molecule has 3 rings (SSSR count). The van der Waals surface area contributed by atoms with Crippen LogP contribution in [-0.2, 0) is 30.7 Å². The molecule has 110 valence electrons. The zero-order chi connectivity index (χ0) is 14.7. The van der Waals surface area contributed by atoms with Gasteiger partial charge in [-0.05, 0) is 5.56 Å². The smallest absolute Gasteiger partial charge is 0.410 e. The van der Waals surface area contributed by atoms with Crippen molar-refractivity contribution in [1.82, 2.24) is 9.88 Å². The lowest BCUT2D eigenvalue weighted by Gasteiger charge is -2.24. The molecule has 1 aliphatic heterocycles. The van der Waals surface area contributed by atoms with Crippen molar-refractivity contribution in [2.75, 3.05) is 6.54 Å². The van der Waals surface area contributed by atoms with E-state index in [0.29, 0.717) is 26.1 Å². The van der Waals surface area contributed by atoms with Gasteiger partial charge in [-0.15, -0.1) is 0 Å². The van der Waals surface area contributed by atoms with Gasteiger partial charge in [0.2, 0.25) is 0 Å². The van der Waals surface area contributed by atoms with Crippen LogP contribution in [0.4, 0.5) is 4.79 Å². The lowest BCUT2D eigenvalue weighted by Crippen LogP contribution is -2.36. The van der Waals surface area contributed by atoms with Crippen molar-refractivity contribution in [3.8, 4) is 0 Å². The first-order chi connectivity index (χ1) is 10.3. The van der Waals surface area contributed by atoms with E-state index in [2.05, 4.69) is 4.98 Å². The second kappa shape index (κ2) is 5.99. The maximum atomic E-state index is 12.1. The standard InChI is InChI=1S/C16H18N2O3/c1-2-15-17-13-10-18(9-8-14(13)21-15)16(19)20-11-12-6-4-3-5-7-12/h3-7H,2,8-11H2,1H3. The monoisotopic (exact) mass is 286 g/mol. The Morgan fingerprint density at radius 1 is 1.38 bits per heavy atom. The summed E-state index contributed by atoms with van der Waals surface area (Å²) >= 11 is 0. The van der Waals surface area contributed by atoms with Crippen LogP contribution in [0.3, 0.4) is 0 Å². The molecule has 0 radical (unpaired) electrons. The largest absolute Gasteiger partial charge is 0.445 e. The molecule has 21 heavy (non-hydrogen) atoms. The summed E-state index contributed by atoms with van der Waals surface area (Å²) in [4.78, 5) is 18.2. The van der Waals surface area contributed by atoms with Gasteiger partial charge in [0.05, 0.1) is 6.54 Å². The van der Waals surface area contributed by atoms with Crippen LogP contribution >= 0.6 is 0 Å². The van der Waals surface area contributed by atoms with E-state index >= 15 is 0 Å². The summed E-state index contributed by atoms with van der Waals surface area (Å²) in [6.07, 6.45) is 1.17. The molecule has 2 heterocycles. The van der Waals surface area contributed by atoms with Crippen molar-refractivity contribution in [2.24, 2.45) is 0 Å². The van der Waals surface area contributed by atoms with E-state index in [1.165, 1.54) is 0 Å². The molecule has 0 aliphatic carbocycles. The quantitative estimate of drug-likeness (QED) is 0.870. The van der Waals surface area contributed by atoms with Crippen molar-refractivity contribution in [3.05, 3.63) is 53.2 Å². The SMILES string of the molecule is CCc1nc2c(o1)CCN(C(=O)OCc1ccccc1)C2. The molecule has 0 fully saturated rings. The number of aromatic nitrogens is 1. The Hall–Kier alpha value is -2.30. The normalized spacial score (nSPS) is 13.9. The number of rotatable bonds is 3. The summed E-state index contributed by atoms with van der Waals surface area (Å²) < 4.78 is 11.0. The molecule has 0 saturated heterocycles. The summed E-state index contributed by atoms with van der Waals surface area (Å²) in [5, 5.41) is 0. The summed E-state index contributed by atoms with van der Waals surface area (Å²) in [6.45, 7) is 3.37. The summed E-state index contributed by atoms with van der Waals surface area (Å²) in [5.41, 5.74) is 1.84. The average Bonchev–Trinajstić information content (AvgIpc) is 2.95. The number of hydrogen-bond donors (Lipinski definition) is 0. The number of ether oxygens (including phenoxy) is 1. The minimum atomic E-state index is -0.300. The minimum absolute atomic E-state index is 0.294. The van der Waals surface area contributed by atoms with E-state index in [0.717, 1.165) is 29.3 Å². The van der Waals surface area contributed by atoms with Crippen molar-refractivity contribution in [2.45, 2.75) is 32.9 Å². The zero-order valence-electron chi connectivity index (χ0n) is 12.0. The van der Waals surface area contributed by atoms with E-state index in [-0.39, 0.29) is 6.09 Å². The van der Waals surface area contributed by atoms with Gasteiger partial charge in [0, 0.05) is 19.4 Å². The molecule has 0 bridgehead atoms. The number of nitrogens with zero attached hydrogens (tertiary/aromatic N) is 2. The maximum absolute atomic E-state index is 12.1. The van der Waals surface area contributed by atoms with Crippen molar-refractivity contribution in [3.63, 3.8) is 0 Å². The van der Waals surface area contributed by atoms with Gasteiger partial charge in [-0.25, -0.2) is 9.78 Å². The minimum Gasteiger partial charge on any atom is -0.445 e. The van der Waals surface area contributed by atoms with Crippen LogP contribution < -0.4 is 0 Å². The molecule has 1 aromatic heterocycles. The number of carbonyl (C=O) groups is 1. The van der Waals surface area contributed by atoms with Gasteiger partial charge in [-0.2, -0.15) is 0 Å². The molecule has 0 saturated carbocycles. The van der Waals surface area contributed by atoms with Crippen LogP contribution in [0, 0.1) is 0 Å². The van der Waals surface area contributed by atoms with E-state index in [1.807, 2.05) is 37.3 Å².